The van der Waals surface area contributed by atoms with Crippen molar-refractivity contribution in [3.63, 3.8) is 0 Å². The van der Waals surface area contributed by atoms with Crippen molar-refractivity contribution in [3.05, 3.63) is 11.1 Å². The molecule has 2 rings (SSSR count). The first-order valence-corrected chi connectivity index (χ1v) is 6.99. The van der Waals surface area contributed by atoms with Crippen molar-refractivity contribution < 1.29 is 0 Å². The van der Waals surface area contributed by atoms with Gasteiger partial charge in [0.1, 0.15) is 0 Å². The summed E-state index contributed by atoms with van der Waals surface area (Å²) in [5, 5.41) is 6.63. The fourth-order valence-electron chi connectivity index (χ4n) is 1.77. The minimum atomic E-state index is 0.585. The van der Waals surface area contributed by atoms with Gasteiger partial charge >= 0.3 is 0 Å². The minimum absolute atomic E-state index is 0.585. The zero-order chi connectivity index (χ0) is 11.5. The standard InChI is InChI=1S/C12H21N3S/c1-4-10-8-16-12(14-10)13-7-9(2)15(3)11-5-6-11/h8-9,11H,4-7H2,1-3H3,(H,13,14). The summed E-state index contributed by atoms with van der Waals surface area (Å²) in [5.74, 6) is 0. The zero-order valence-electron chi connectivity index (χ0n) is 10.4. The maximum Gasteiger partial charge on any atom is 0.182 e. The lowest BCUT2D eigenvalue weighted by atomic mass is 10.3. The third-order valence-electron chi connectivity index (χ3n) is 3.28. The Kier molecular flexibility index (Phi) is 3.82. The molecule has 0 amide bonds. The van der Waals surface area contributed by atoms with Gasteiger partial charge in [-0.3, -0.25) is 4.90 Å². The molecule has 90 valence electrons. The molecule has 0 radical (unpaired) electrons. The van der Waals surface area contributed by atoms with Gasteiger partial charge in [0.25, 0.3) is 0 Å². The minimum Gasteiger partial charge on any atom is -0.360 e. The number of thiazole rings is 1. The predicted molar refractivity (Wildman–Crippen MR) is 70.2 cm³/mol. The Morgan fingerprint density at radius 2 is 2.38 bits per heavy atom. The van der Waals surface area contributed by atoms with E-state index in [-0.39, 0.29) is 0 Å². The maximum atomic E-state index is 4.51. The van der Waals surface area contributed by atoms with Crippen LogP contribution in [0.25, 0.3) is 0 Å². The molecule has 1 saturated carbocycles. The Bertz CT molecular complexity index is 333. The van der Waals surface area contributed by atoms with Crippen molar-refractivity contribution in [3.8, 4) is 0 Å². The molecule has 1 aliphatic rings. The molecular weight excluding hydrogens is 218 g/mol. The second-order valence-electron chi connectivity index (χ2n) is 4.62. The third kappa shape index (κ3) is 2.95. The number of nitrogens with zero attached hydrogens (tertiary/aromatic N) is 2. The number of aryl methyl sites for hydroxylation is 1. The van der Waals surface area contributed by atoms with E-state index in [9.17, 15) is 0 Å². The van der Waals surface area contributed by atoms with E-state index in [4.69, 9.17) is 0 Å². The largest absolute Gasteiger partial charge is 0.360 e. The topological polar surface area (TPSA) is 28.2 Å². The van der Waals surface area contributed by atoms with E-state index in [1.165, 1.54) is 18.5 Å². The van der Waals surface area contributed by atoms with Crippen LogP contribution in [0.1, 0.15) is 32.4 Å². The molecule has 1 N–H and O–H groups in total. The van der Waals surface area contributed by atoms with Gasteiger partial charge in [-0.1, -0.05) is 6.92 Å². The SMILES string of the molecule is CCc1csc(NCC(C)N(C)C2CC2)n1. The van der Waals surface area contributed by atoms with Gasteiger partial charge < -0.3 is 5.32 Å². The molecule has 3 nitrogen and oxygen atoms in total. The van der Waals surface area contributed by atoms with Crippen LogP contribution in [0.4, 0.5) is 5.13 Å². The average Bonchev–Trinajstić information content (AvgIpc) is 3.04. The molecule has 1 aliphatic carbocycles. The van der Waals surface area contributed by atoms with Crippen molar-refractivity contribution in [2.45, 2.75) is 45.2 Å². The van der Waals surface area contributed by atoms with E-state index >= 15 is 0 Å². The van der Waals surface area contributed by atoms with E-state index in [0.717, 1.165) is 24.1 Å². The second-order valence-corrected chi connectivity index (χ2v) is 5.48. The predicted octanol–water partition coefficient (Wildman–Crippen LogP) is 2.60. The summed E-state index contributed by atoms with van der Waals surface area (Å²) >= 11 is 1.71. The van der Waals surface area contributed by atoms with Gasteiger partial charge in [0.15, 0.2) is 5.13 Å². The number of rotatable bonds is 6. The van der Waals surface area contributed by atoms with Crippen molar-refractivity contribution in [2.24, 2.45) is 0 Å². The van der Waals surface area contributed by atoms with Gasteiger partial charge in [-0.05, 0) is 33.2 Å². The number of aromatic nitrogens is 1. The number of anilines is 1. The molecule has 0 bridgehead atoms. The van der Waals surface area contributed by atoms with Gasteiger partial charge in [0.05, 0.1) is 5.69 Å². The van der Waals surface area contributed by atoms with E-state index < -0.39 is 0 Å². The number of likely N-dealkylation sites (N-methyl/N-ethyl adjacent to an activating group) is 1. The molecule has 16 heavy (non-hydrogen) atoms. The molecule has 0 aromatic carbocycles. The van der Waals surface area contributed by atoms with Gasteiger partial charge in [0.2, 0.25) is 0 Å². The summed E-state index contributed by atoms with van der Waals surface area (Å²) < 4.78 is 0. The molecule has 0 spiro atoms. The highest BCUT2D eigenvalue weighted by molar-refractivity contribution is 7.13. The Morgan fingerprint density at radius 1 is 1.62 bits per heavy atom. The first kappa shape index (κ1) is 11.9. The Hall–Kier alpha value is -0.610. The van der Waals surface area contributed by atoms with Crippen LogP contribution in [0, 0.1) is 0 Å². The van der Waals surface area contributed by atoms with Crippen molar-refractivity contribution in [1.29, 1.82) is 0 Å². The zero-order valence-corrected chi connectivity index (χ0v) is 11.2. The van der Waals surface area contributed by atoms with Crippen LogP contribution in [-0.2, 0) is 6.42 Å². The van der Waals surface area contributed by atoms with Crippen molar-refractivity contribution in [2.75, 3.05) is 18.9 Å². The van der Waals surface area contributed by atoms with Gasteiger partial charge in [0, 0.05) is 24.0 Å². The van der Waals surface area contributed by atoms with Crippen LogP contribution in [-0.4, -0.2) is 35.6 Å². The summed E-state index contributed by atoms with van der Waals surface area (Å²) in [4.78, 5) is 6.98. The lowest BCUT2D eigenvalue weighted by molar-refractivity contribution is 0.257. The summed E-state index contributed by atoms with van der Waals surface area (Å²) in [6, 6.07) is 1.42. The lowest BCUT2D eigenvalue weighted by Crippen LogP contribution is -2.36. The molecular formula is C12H21N3S. The maximum absolute atomic E-state index is 4.51. The van der Waals surface area contributed by atoms with Crippen LogP contribution < -0.4 is 5.32 Å². The number of nitrogens with one attached hydrogen (secondary N) is 1. The molecule has 1 fully saturated rings. The quantitative estimate of drug-likeness (QED) is 0.827. The fourth-order valence-corrected chi connectivity index (χ4v) is 2.57. The van der Waals surface area contributed by atoms with Crippen molar-refractivity contribution >= 4 is 16.5 Å². The monoisotopic (exact) mass is 239 g/mol. The van der Waals surface area contributed by atoms with Crippen molar-refractivity contribution in [1.82, 2.24) is 9.88 Å². The van der Waals surface area contributed by atoms with E-state index in [1.54, 1.807) is 11.3 Å². The molecule has 0 aliphatic heterocycles. The summed E-state index contributed by atoms with van der Waals surface area (Å²) in [6.45, 7) is 5.41. The van der Waals surface area contributed by atoms with Crippen LogP contribution >= 0.6 is 11.3 Å². The highest BCUT2D eigenvalue weighted by Crippen LogP contribution is 2.27. The smallest absolute Gasteiger partial charge is 0.182 e. The highest BCUT2D eigenvalue weighted by atomic mass is 32.1. The van der Waals surface area contributed by atoms with Gasteiger partial charge in [-0.2, -0.15) is 0 Å². The molecule has 1 heterocycles. The first-order chi connectivity index (χ1) is 7.70. The van der Waals surface area contributed by atoms with Crippen LogP contribution in [0.5, 0.6) is 0 Å². The fraction of sp³-hybridized carbons (Fsp3) is 0.750. The molecule has 0 saturated heterocycles. The molecule has 1 atom stereocenters. The normalized spacial score (nSPS) is 17.8. The van der Waals surface area contributed by atoms with Gasteiger partial charge in [-0.25, -0.2) is 4.98 Å². The Morgan fingerprint density at radius 3 is 2.94 bits per heavy atom. The van der Waals surface area contributed by atoms with Crippen LogP contribution in [0.3, 0.4) is 0 Å². The third-order valence-corrected chi connectivity index (χ3v) is 4.13. The van der Waals surface area contributed by atoms with E-state index in [0.29, 0.717) is 6.04 Å². The number of hydrogen-bond acceptors (Lipinski definition) is 4. The molecule has 1 aromatic rings. The second kappa shape index (κ2) is 5.15. The lowest BCUT2D eigenvalue weighted by Gasteiger charge is -2.24. The van der Waals surface area contributed by atoms with Crippen LogP contribution in [0.15, 0.2) is 5.38 Å². The number of hydrogen-bond donors (Lipinski definition) is 1. The van der Waals surface area contributed by atoms with E-state index in [1.807, 2.05) is 0 Å². The first-order valence-electron chi connectivity index (χ1n) is 6.11. The van der Waals surface area contributed by atoms with Crippen LogP contribution in [0.2, 0.25) is 0 Å². The summed E-state index contributed by atoms with van der Waals surface area (Å²) in [6.07, 6.45) is 3.77. The Balaban J connectivity index is 1.77. The summed E-state index contributed by atoms with van der Waals surface area (Å²) in [5.41, 5.74) is 1.19. The van der Waals surface area contributed by atoms with Gasteiger partial charge in [-0.15, -0.1) is 11.3 Å². The Labute approximate surface area is 102 Å². The average molecular weight is 239 g/mol. The molecule has 4 heteroatoms. The highest BCUT2D eigenvalue weighted by Gasteiger charge is 2.28. The molecule has 1 aromatic heterocycles. The molecule has 1 unspecified atom stereocenters. The van der Waals surface area contributed by atoms with E-state index in [2.05, 4.69) is 41.5 Å². The summed E-state index contributed by atoms with van der Waals surface area (Å²) in [7, 11) is 2.23.